The number of nitriles is 1. The highest BCUT2D eigenvalue weighted by atomic mass is 19.4. The SMILES string of the molecule is CCCCC[C@@H]([C@@H](O)C#N)C(O)(C(F)(F)F)C(F)(F)F. The zero-order valence-corrected chi connectivity index (χ0v) is 10.6. The van der Waals surface area contributed by atoms with Crippen LogP contribution in [0, 0.1) is 17.2 Å². The Hall–Kier alpha value is -1.01. The summed E-state index contributed by atoms with van der Waals surface area (Å²) in [6, 6.07) is 0.937. The Morgan fingerprint density at radius 3 is 1.80 bits per heavy atom. The molecule has 0 spiro atoms. The van der Waals surface area contributed by atoms with Crippen LogP contribution in [0.2, 0.25) is 0 Å². The van der Waals surface area contributed by atoms with Crippen LogP contribution >= 0.6 is 0 Å². The first-order valence-electron chi connectivity index (χ1n) is 5.87. The Balaban J connectivity index is 5.61. The maximum atomic E-state index is 12.7. The number of rotatable bonds is 6. The minimum atomic E-state index is -6.04. The maximum absolute atomic E-state index is 12.7. The van der Waals surface area contributed by atoms with Crippen molar-refractivity contribution in [2.75, 3.05) is 0 Å². The number of unbranched alkanes of at least 4 members (excludes halogenated alkanes) is 2. The minimum absolute atomic E-state index is 0.0750. The molecule has 0 aliphatic rings. The number of aliphatic hydroxyl groups is 2. The van der Waals surface area contributed by atoms with Gasteiger partial charge in [-0.1, -0.05) is 26.2 Å². The van der Waals surface area contributed by atoms with Gasteiger partial charge in [0.2, 0.25) is 0 Å². The first-order valence-corrected chi connectivity index (χ1v) is 5.87. The Morgan fingerprint density at radius 1 is 1.05 bits per heavy atom. The van der Waals surface area contributed by atoms with Gasteiger partial charge < -0.3 is 10.2 Å². The molecule has 0 unspecified atom stereocenters. The average molecular weight is 307 g/mol. The van der Waals surface area contributed by atoms with Crippen molar-refractivity contribution in [1.29, 1.82) is 5.26 Å². The van der Waals surface area contributed by atoms with Gasteiger partial charge in [0, 0.05) is 5.92 Å². The van der Waals surface area contributed by atoms with E-state index in [1.165, 1.54) is 0 Å². The smallest absolute Gasteiger partial charge is 0.378 e. The number of aliphatic hydroxyl groups excluding tert-OH is 1. The monoisotopic (exact) mass is 307 g/mol. The van der Waals surface area contributed by atoms with Crippen molar-refractivity contribution in [1.82, 2.24) is 0 Å². The van der Waals surface area contributed by atoms with Crippen LogP contribution in [0.4, 0.5) is 26.3 Å². The Morgan fingerprint density at radius 2 is 1.50 bits per heavy atom. The van der Waals surface area contributed by atoms with E-state index in [-0.39, 0.29) is 6.42 Å². The second-order valence-electron chi connectivity index (χ2n) is 4.44. The molecule has 0 aromatic rings. The van der Waals surface area contributed by atoms with Crippen molar-refractivity contribution < 1.29 is 36.6 Å². The molecule has 118 valence electrons. The van der Waals surface area contributed by atoms with Crippen LogP contribution in [0.25, 0.3) is 0 Å². The number of nitrogens with zero attached hydrogens (tertiary/aromatic N) is 1. The van der Waals surface area contributed by atoms with Gasteiger partial charge in [-0.15, -0.1) is 0 Å². The first kappa shape index (κ1) is 19.0. The highest BCUT2D eigenvalue weighted by molar-refractivity contribution is 5.06. The quantitative estimate of drug-likeness (QED) is 0.450. The summed E-state index contributed by atoms with van der Waals surface area (Å²) in [5, 5.41) is 26.8. The van der Waals surface area contributed by atoms with Crippen LogP contribution in [0.3, 0.4) is 0 Å². The van der Waals surface area contributed by atoms with Gasteiger partial charge in [-0.3, -0.25) is 0 Å². The van der Waals surface area contributed by atoms with Gasteiger partial charge in [0.1, 0.15) is 6.10 Å². The molecule has 0 rings (SSSR count). The molecule has 3 nitrogen and oxygen atoms in total. The summed E-state index contributed by atoms with van der Waals surface area (Å²) in [4.78, 5) is 0. The van der Waals surface area contributed by atoms with Crippen LogP contribution < -0.4 is 0 Å². The van der Waals surface area contributed by atoms with E-state index in [1.807, 2.05) is 0 Å². The fourth-order valence-corrected chi connectivity index (χ4v) is 1.88. The molecule has 0 aromatic carbocycles. The van der Waals surface area contributed by atoms with E-state index in [9.17, 15) is 31.4 Å². The summed E-state index contributed by atoms with van der Waals surface area (Å²) in [6.07, 6.45) is -14.7. The van der Waals surface area contributed by atoms with Crippen molar-refractivity contribution in [3.05, 3.63) is 0 Å². The van der Waals surface area contributed by atoms with Crippen LogP contribution in [-0.4, -0.2) is 34.3 Å². The number of halogens is 6. The van der Waals surface area contributed by atoms with Crippen LogP contribution in [0.15, 0.2) is 0 Å². The fourth-order valence-electron chi connectivity index (χ4n) is 1.88. The third-order valence-electron chi connectivity index (χ3n) is 3.03. The predicted molar refractivity (Wildman–Crippen MR) is 56.3 cm³/mol. The van der Waals surface area contributed by atoms with Gasteiger partial charge in [0.05, 0.1) is 6.07 Å². The molecule has 0 aromatic heterocycles. The minimum Gasteiger partial charge on any atom is -0.378 e. The molecule has 0 saturated carbocycles. The second-order valence-corrected chi connectivity index (χ2v) is 4.44. The number of hydrogen-bond donors (Lipinski definition) is 2. The third kappa shape index (κ3) is 3.76. The van der Waals surface area contributed by atoms with E-state index < -0.39 is 36.4 Å². The standard InChI is InChI=1S/C11H15F6NO2/c1-2-3-4-5-7(8(19)6-18)9(20,10(12,13)14)11(15,16)17/h7-8,19-20H,2-5H2,1H3/t7-,8-/m0/s1. The Kier molecular flexibility index (Phi) is 6.29. The fraction of sp³-hybridized carbons (Fsp3) is 0.909. The molecule has 9 heteroatoms. The zero-order chi connectivity index (χ0) is 16.2. The molecule has 0 saturated heterocycles. The normalized spacial score (nSPS) is 16.6. The molecule has 0 fully saturated rings. The maximum Gasteiger partial charge on any atom is 0.426 e. The lowest BCUT2D eigenvalue weighted by Gasteiger charge is -2.39. The molecule has 0 radical (unpaired) electrons. The van der Waals surface area contributed by atoms with E-state index in [4.69, 9.17) is 10.4 Å². The zero-order valence-electron chi connectivity index (χ0n) is 10.6. The van der Waals surface area contributed by atoms with Crippen LogP contribution in [-0.2, 0) is 0 Å². The van der Waals surface area contributed by atoms with Crippen molar-refractivity contribution in [2.45, 2.75) is 56.7 Å². The van der Waals surface area contributed by atoms with E-state index in [1.54, 1.807) is 6.92 Å². The second kappa shape index (κ2) is 6.63. The molecule has 0 aliphatic heterocycles. The topological polar surface area (TPSA) is 64.2 Å². The molecule has 0 heterocycles. The van der Waals surface area contributed by atoms with Crippen molar-refractivity contribution in [2.24, 2.45) is 5.92 Å². The summed E-state index contributed by atoms with van der Waals surface area (Å²) in [5.74, 6) is -2.68. The predicted octanol–water partition coefficient (Wildman–Crippen LogP) is 2.92. The Bertz CT molecular complexity index is 332. The molecular formula is C11H15F6NO2. The number of hydrogen-bond acceptors (Lipinski definition) is 3. The lowest BCUT2D eigenvalue weighted by molar-refractivity contribution is -0.390. The average Bonchev–Trinajstić information content (AvgIpc) is 2.30. The largest absolute Gasteiger partial charge is 0.426 e. The van der Waals surface area contributed by atoms with Gasteiger partial charge in [-0.25, -0.2) is 0 Å². The van der Waals surface area contributed by atoms with Crippen molar-refractivity contribution in [3.8, 4) is 6.07 Å². The van der Waals surface area contributed by atoms with E-state index in [0.717, 1.165) is 6.07 Å². The van der Waals surface area contributed by atoms with Gasteiger partial charge in [-0.05, 0) is 6.42 Å². The summed E-state index contributed by atoms with van der Waals surface area (Å²) < 4.78 is 76.0. The van der Waals surface area contributed by atoms with E-state index in [0.29, 0.717) is 12.8 Å². The molecule has 0 aliphatic carbocycles. The highest BCUT2D eigenvalue weighted by Gasteiger charge is 2.74. The molecule has 0 bridgehead atoms. The van der Waals surface area contributed by atoms with Gasteiger partial charge >= 0.3 is 12.4 Å². The van der Waals surface area contributed by atoms with E-state index >= 15 is 0 Å². The molecule has 2 N–H and O–H groups in total. The lowest BCUT2D eigenvalue weighted by Crippen LogP contribution is -2.64. The number of alkyl halides is 6. The van der Waals surface area contributed by atoms with Gasteiger partial charge in [-0.2, -0.15) is 31.6 Å². The Labute approximate surface area is 111 Å². The summed E-state index contributed by atoms with van der Waals surface area (Å²) in [6.45, 7) is 1.68. The molecule has 2 atom stereocenters. The summed E-state index contributed by atoms with van der Waals surface area (Å²) in [7, 11) is 0. The van der Waals surface area contributed by atoms with Crippen molar-refractivity contribution >= 4 is 0 Å². The molecule has 0 amide bonds. The van der Waals surface area contributed by atoms with Crippen molar-refractivity contribution in [3.63, 3.8) is 0 Å². The van der Waals surface area contributed by atoms with Crippen LogP contribution in [0.5, 0.6) is 0 Å². The lowest BCUT2D eigenvalue weighted by atomic mass is 9.78. The highest BCUT2D eigenvalue weighted by Crippen LogP contribution is 2.50. The third-order valence-corrected chi connectivity index (χ3v) is 3.03. The molecule has 20 heavy (non-hydrogen) atoms. The molecular weight excluding hydrogens is 292 g/mol. The first-order chi connectivity index (χ1) is 8.93. The van der Waals surface area contributed by atoms with E-state index in [2.05, 4.69) is 0 Å². The van der Waals surface area contributed by atoms with Crippen LogP contribution in [0.1, 0.15) is 32.6 Å². The summed E-state index contributed by atoms with van der Waals surface area (Å²) in [5.41, 5.74) is -5.11. The summed E-state index contributed by atoms with van der Waals surface area (Å²) >= 11 is 0. The van der Waals surface area contributed by atoms with Gasteiger partial charge in [0.25, 0.3) is 5.60 Å². The van der Waals surface area contributed by atoms with Gasteiger partial charge in [0.15, 0.2) is 0 Å².